The van der Waals surface area contributed by atoms with Gasteiger partial charge < -0.3 is 14.5 Å². The third-order valence-corrected chi connectivity index (χ3v) is 3.64. The van der Waals surface area contributed by atoms with Crippen LogP contribution in [0.4, 0.5) is 0 Å². The Kier molecular flexibility index (Phi) is 4.95. The minimum atomic E-state index is -0.403. The van der Waals surface area contributed by atoms with Crippen LogP contribution in [0.3, 0.4) is 0 Å². The molecule has 1 fully saturated rings. The highest BCUT2D eigenvalue weighted by Crippen LogP contribution is 2.22. The van der Waals surface area contributed by atoms with Gasteiger partial charge in [-0.15, -0.1) is 0 Å². The molecule has 4 heteroatoms. The van der Waals surface area contributed by atoms with Crippen LogP contribution in [0.5, 0.6) is 0 Å². The van der Waals surface area contributed by atoms with Crippen LogP contribution in [0.15, 0.2) is 0 Å². The van der Waals surface area contributed by atoms with E-state index < -0.39 is 5.41 Å². The first-order valence-corrected chi connectivity index (χ1v) is 6.34. The Morgan fingerprint density at radius 3 is 2.29 bits per heavy atom. The number of hydrogen-bond acceptors (Lipinski definition) is 4. The molecule has 1 rings (SSSR count). The highest BCUT2D eigenvalue weighted by atomic mass is 16.5. The number of carbonyl (C=O) groups excluding carboxylic acids is 1. The van der Waals surface area contributed by atoms with Gasteiger partial charge in [0.1, 0.15) is 0 Å². The number of carbonyl (C=O) groups is 1. The number of hydrogen-bond donors (Lipinski definition) is 0. The maximum absolute atomic E-state index is 11.6. The molecule has 0 aromatic rings. The summed E-state index contributed by atoms with van der Waals surface area (Å²) >= 11 is 0. The molecule has 17 heavy (non-hydrogen) atoms. The van der Waals surface area contributed by atoms with E-state index in [4.69, 9.17) is 4.74 Å². The van der Waals surface area contributed by atoms with Gasteiger partial charge in [-0.3, -0.25) is 4.79 Å². The summed E-state index contributed by atoms with van der Waals surface area (Å²) in [6, 6.07) is 0.687. The molecule has 0 unspecified atom stereocenters. The SMILES string of the molecule is COC(=O)C(C)(C)CN1CCC(N(C)C)CC1. The fourth-order valence-electron chi connectivity index (χ4n) is 2.49. The summed E-state index contributed by atoms with van der Waals surface area (Å²) in [5.41, 5.74) is -0.403. The lowest BCUT2D eigenvalue weighted by Gasteiger charge is -2.38. The molecule has 0 aromatic heterocycles. The van der Waals surface area contributed by atoms with Gasteiger partial charge in [0.25, 0.3) is 0 Å². The standard InChI is InChI=1S/C13H26N2O2/c1-13(2,12(16)17-5)10-15-8-6-11(7-9-15)14(3)4/h11H,6-10H2,1-5H3. The van der Waals surface area contributed by atoms with Crippen molar-refractivity contribution in [3.05, 3.63) is 0 Å². The Morgan fingerprint density at radius 2 is 1.88 bits per heavy atom. The quantitative estimate of drug-likeness (QED) is 0.694. The molecule has 0 N–H and O–H groups in total. The molecule has 0 amide bonds. The smallest absolute Gasteiger partial charge is 0.312 e. The van der Waals surface area contributed by atoms with Gasteiger partial charge in [-0.25, -0.2) is 0 Å². The molecule has 0 saturated carbocycles. The number of methoxy groups -OCH3 is 1. The summed E-state index contributed by atoms with van der Waals surface area (Å²) < 4.78 is 4.84. The summed E-state index contributed by atoms with van der Waals surface area (Å²) in [7, 11) is 5.74. The first-order chi connectivity index (χ1) is 7.86. The van der Waals surface area contributed by atoms with Crippen LogP contribution in [0.1, 0.15) is 26.7 Å². The van der Waals surface area contributed by atoms with Crippen LogP contribution >= 0.6 is 0 Å². The molecule has 1 aliphatic rings. The Balaban J connectivity index is 2.42. The summed E-state index contributed by atoms with van der Waals surface area (Å²) in [6.07, 6.45) is 2.37. The fraction of sp³-hybridized carbons (Fsp3) is 0.923. The molecule has 0 spiro atoms. The second-order valence-electron chi connectivity index (χ2n) is 5.85. The zero-order valence-electron chi connectivity index (χ0n) is 11.8. The minimum absolute atomic E-state index is 0.118. The number of likely N-dealkylation sites (tertiary alicyclic amines) is 1. The number of esters is 1. The fourth-order valence-corrected chi connectivity index (χ4v) is 2.49. The van der Waals surface area contributed by atoms with Crippen molar-refractivity contribution in [1.29, 1.82) is 0 Å². The second-order valence-corrected chi connectivity index (χ2v) is 5.85. The van der Waals surface area contributed by atoms with E-state index >= 15 is 0 Å². The van der Waals surface area contributed by atoms with Crippen LogP contribution < -0.4 is 0 Å². The average molecular weight is 242 g/mol. The topological polar surface area (TPSA) is 32.8 Å². The average Bonchev–Trinajstić information content (AvgIpc) is 2.28. The molecule has 1 heterocycles. The molecule has 0 atom stereocenters. The first kappa shape index (κ1) is 14.5. The van der Waals surface area contributed by atoms with Crippen LogP contribution in [0, 0.1) is 5.41 Å². The van der Waals surface area contributed by atoms with Gasteiger partial charge in [-0.2, -0.15) is 0 Å². The molecular formula is C13H26N2O2. The normalized spacial score (nSPS) is 19.6. The van der Waals surface area contributed by atoms with Gasteiger partial charge in [-0.1, -0.05) is 0 Å². The summed E-state index contributed by atoms with van der Waals surface area (Å²) in [5, 5.41) is 0. The Bertz CT molecular complexity index is 256. The second kappa shape index (κ2) is 5.83. The molecule has 4 nitrogen and oxygen atoms in total. The lowest BCUT2D eigenvalue weighted by molar-refractivity contribution is -0.152. The molecular weight excluding hydrogens is 216 g/mol. The van der Waals surface area contributed by atoms with Gasteiger partial charge in [0, 0.05) is 12.6 Å². The van der Waals surface area contributed by atoms with E-state index in [1.54, 1.807) is 0 Å². The lowest BCUT2D eigenvalue weighted by Crippen LogP contribution is -2.47. The summed E-state index contributed by atoms with van der Waals surface area (Å²) in [4.78, 5) is 16.3. The largest absolute Gasteiger partial charge is 0.469 e. The van der Waals surface area contributed by atoms with Crippen molar-refractivity contribution < 1.29 is 9.53 Å². The van der Waals surface area contributed by atoms with Crippen molar-refractivity contribution in [1.82, 2.24) is 9.80 Å². The van der Waals surface area contributed by atoms with Crippen molar-refractivity contribution >= 4 is 5.97 Å². The molecule has 100 valence electrons. The minimum Gasteiger partial charge on any atom is -0.469 e. The van der Waals surface area contributed by atoms with Gasteiger partial charge in [0.05, 0.1) is 12.5 Å². The molecule has 1 saturated heterocycles. The molecule has 0 bridgehead atoms. The van der Waals surface area contributed by atoms with Crippen LogP contribution in [0.25, 0.3) is 0 Å². The van der Waals surface area contributed by atoms with Gasteiger partial charge in [-0.05, 0) is 53.9 Å². The van der Waals surface area contributed by atoms with Crippen molar-refractivity contribution in [3.63, 3.8) is 0 Å². The molecule has 0 aromatic carbocycles. The third kappa shape index (κ3) is 3.96. The highest BCUT2D eigenvalue weighted by molar-refractivity contribution is 5.76. The number of rotatable bonds is 4. The summed E-state index contributed by atoms with van der Waals surface area (Å²) in [5.74, 6) is -0.118. The van der Waals surface area contributed by atoms with Gasteiger partial charge in [0.2, 0.25) is 0 Å². The van der Waals surface area contributed by atoms with Gasteiger partial charge in [0.15, 0.2) is 0 Å². The number of nitrogens with zero attached hydrogens (tertiary/aromatic N) is 2. The van der Waals surface area contributed by atoms with Crippen molar-refractivity contribution in [2.24, 2.45) is 5.41 Å². The Morgan fingerprint density at radius 1 is 1.35 bits per heavy atom. The van der Waals surface area contributed by atoms with Crippen molar-refractivity contribution in [2.75, 3.05) is 40.8 Å². The predicted octanol–water partition coefficient (Wildman–Crippen LogP) is 1.21. The molecule has 0 aliphatic carbocycles. The Hall–Kier alpha value is -0.610. The maximum Gasteiger partial charge on any atom is 0.312 e. The first-order valence-electron chi connectivity index (χ1n) is 6.34. The Labute approximate surface area is 105 Å². The van der Waals surface area contributed by atoms with E-state index in [0.29, 0.717) is 6.04 Å². The predicted molar refractivity (Wildman–Crippen MR) is 68.9 cm³/mol. The van der Waals surface area contributed by atoms with E-state index in [1.807, 2.05) is 13.8 Å². The van der Waals surface area contributed by atoms with E-state index in [-0.39, 0.29) is 5.97 Å². The van der Waals surface area contributed by atoms with E-state index in [0.717, 1.165) is 19.6 Å². The van der Waals surface area contributed by atoms with E-state index in [1.165, 1.54) is 20.0 Å². The lowest BCUT2D eigenvalue weighted by atomic mass is 9.91. The van der Waals surface area contributed by atoms with Gasteiger partial charge >= 0.3 is 5.97 Å². The highest BCUT2D eigenvalue weighted by Gasteiger charge is 2.32. The third-order valence-electron chi connectivity index (χ3n) is 3.64. The van der Waals surface area contributed by atoms with Crippen molar-refractivity contribution in [3.8, 4) is 0 Å². The van der Waals surface area contributed by atoms with E-state index in [2.05, 4.69) is 23.9 Å². The van der Waals surface area contributed by atoms with Crippen LogP contribution in [-0.2, 0) is 9.53 Å². The molecule has 1 aliphatic heterocycles. The van der Waals surface area contributed by atoms with Crippen molar-refractivity contribution in [2.45, 2.75) is 32.7 Å². The van der Waals surface area contributed by atoms with E-state index in [9.17, 15) is 4.79 Å². The zero-order chi connectivity index (χ0) is 13.1. The van der Waals surface area contributed by atoms with Crippen LogP contribution in [0.2, 0.25) is 0 Å². The molecule has 0 radical (unpaired) electrons. The number of piperidine rings is 1. The number of ether oxygens (including phenoxy) is 1. The monoisotopic (exact) mass is 242 g/mol. The summed E-state index contributed by atoms with van der Waals surface area (Å²) in [6.45, 7) is 6.85. The van der Waals surface area contributed by atoms with Crippen LogP contribution in [-0.4, -0.2) is 62.7 Å². The maximum atomic E-state index is 11.6. The zero-order valence-corrected chi connectivity index (χ0v) is 11.8.